The Kier molecular flexibility index (Phi) is 4.88. The van der Waals surface area contributed by atoms with Crippen molar-refractivity contribution in [3.05, 3.63) is 59.2 Å². The number of benzene rings is 2. The van der Waals surface area contributed by atoms with Gasteiger partial charge in [0.1, 0.15) is 11.6 Å². The van der Waals surface area contributed by atoms with Crippen LogP contribution in [0.3, 0.4) is 0 Å². The van der Waals surface area contributed by atoms with E-state index in [0.717, 1.165) is 0 Å². The van der Waals surface area contributed by atoms with Gasteiger partial charge in [0.15, 0.2) is 17.7 Å². The highest BCUT2D eigenvalue weighted by molar-refractivity contribution is 6.07. The zero-order valence-corrected chi connectivity index (χ0v) is 14.3. The lowest BCUT2D eigenvalue weighted by atomic mass is 10.0. The first kappa shape index (κ1) is 17.8. The minimum absolute atomic E-state index is 0.0395. The van der Waals surface area contributed by atoms with E-state index in [2.05, 4.69) is 10.5 Å². The van der Waals surface area contributed by atoms with Crippen molar-refractivity contribution in [1.29, 1.82) is 0 Å². The third kappa shape index (κ3) is 3.37. The van der Waals surface area contributed by atoms with Crippen LogP contribution in [0, 0.1) is 11.6 Å². The number of nitrogens with zero attached hydrogens (tertiary/aromatic N) is 1. The molecule has 0 unspecified atom stereocenters. The molecule has 5 nitrogen and oxygen atoms in total. The molecule has 7 heteroatoms. The van der Waals surface area contributed by atoms with Gasteiger partial charge in [0.2, 0.25) is 0 Å². The number of phenols is 1. The lowest BCUT2D eigenvalue weighted by molar-refractivity contribution is -0.127. The number of halogens is 2. The Bertz CT molecular complexity index is 883. The van der Waals surface area contributed by atoms with E-state index in [0.29, 0.717) is 23.3 Å². The number of para-hydroxylation sites is 1. The van der Waals surface area contributed by atoms with Crippen LogP contribution in [0.4, 0.5) is 8.78 Å². The molecule has 26 heavy (non-hydrogen) atoms. The molecule has 1 aliphatic rings. The smallest absolute Gasteiger partial charge is 0.280 e. The fourth-order valence-electron chi connectivity index (χ4n) is 2.96. The highest BCUT2D eigenvalue weighted by Crippen LogP contribution is 2.39. The van der Waals surface area contributed by atoms with E-state index < -0.39 is 23.6 Å². The molecular weight excluding hydrogens is 342 g/mol. The van der Waals surface area contributed by atoms with E-state index in [4.69, 9.17) is 4.74 Å². The summed E-state index contributed by atoms with van der Waals surface area (Å²) in [5.41, 5.74) is 3.41. The highest BCUT2D eigenvalue weighted by atomic mass is 19.1. The average molecular weight is 360 g/mol. The number of phenolic OH excluding ortho intramolecular Hbond substituents is 1. The molecule has 136 valence electrons. The summed E-state index contributed by atoms with van der Waals surface area (Å²) < 4.78 is 32.9. The zero-order valence-electron chi connectivity index (χ0n) is 14.3. The van der Waals surface area contributed by atoms with Crippen molar-refractivity contribution in [2.45, 2.75) is 32.3 Å². The molecule has 2 atom stereocenters. The van der Waals surface area contributed by atoms with Gasteiger partial charge in [-0.1, -0.05) is 19.1 Å². The van der Waals surface area contributed by atoms with E-state index in [1.165, 1.54) is 37.3 Å². The van der Waals surface area contributed by atoms with Crippen molar-refractivity contribution >= 4 is 11.6 Å². The van der Waals surface area contributed by atoms with Crippen LogP contribution in [0.2, 0.25) is 0 Å². The van der Waals surface area contributed by atoms with Crippen LogP contribution in [0.25, 0.3) is 0 Å². The SMILES string of the molecule is C[C@H](Oc1ccccc1F)C(=O)N/N=C1\C[C@@H](C)c2c(F)ccc(O)c21. The molecule has 2 N–H and O–H groups in total. The molecule has 0 saturated heterocycles. The van der Waals surface area contributed by atoms with Crippen molar-refractivity contribution in [2.24, 2.45) is 5.10 Å². The summed E-state index contributed by atoms with van der Waals surface area (Å²) in [5, 5.41) is 14.0. The molecule has 0 fully saturated rings. The van der Waals surface area contributed by atoms with Gasteiger partial charge in [-0.05, 0) is 43.5 Å². The molecular formula is C19H18F2N2O3. The van der Waals surface area contributed by atoms with Crippen molar-refractivity contribution < 1.29 is 23.4 Å². The van der Waals surface area contributed by atoms with Crippen molar-refractivity contribution in [3.8, 4) is 11.5 Å². The normalized spacial score (nSPS) is 18.5. The van der Waals surface area contributed by atoms with Gasteiger partial charge in [0.25, 0.3) is 5.91 Å². The number of amides is 1. The maximum atomic E-state index is 14.0. The van der Waals surface area contributed by atoms with E-state index >= 15 is 0 Å². The molecule has 3 rings (SSSR count). The molecule has 0 aliphatic heterocycles. The monoisotopic (exact) mass is 360 g/mol. The number of hydrogen-bond acceptors (Lipinski definition) is 4. The molecule has 0 spiro atoms. The minimum Gasteiger partial charge on any atom is -0.507 e. The second-order valence-corrected chi connectivity index (χ2v) is 6.19. The first-order valence-corrected chi connectivity index (χ1v) is 8.17. The minimum atomic E-state index is -0.990. The van der Waals surface area contributed by atoms with Crippen LogP contribution in [0.15, 0.2) is 41.5 Å². The third-order valence-electron chi connectivity index (χ3n) is 4.26. The Morgan fingerprint density at radius 1 is 1.27 bits per heavy atom. The first-order valence-electron chi connectivity index (χ1n) is 8.17. The largest absolute Gasteiger partial charge is 0.507 e. The summed E-state index contributed by atoms with van der Waals surface area (Å²) >= 11 is 0. The second kappa shape index (κ2) is 7.11. The average Bonchev–Trinajstić information content (AvgIpc) is 2.95. The van der Waals surface area contributed by atoms with E-state index in [9.17, 15) is 18.7 Å². The molecule has 2 aromatic carbocycles. The van der Waals surface area contributed by atoms with Crippen LogP contribution in [-0.4, -0.2) is 22.8 Å². The Labute approximate surface area is 149 Å². The number of nitrogens with one attached hydrogen (secondary N) is 1. The summed E-state index contributed by atoms with van der Waals surface area (Å²) in [6.07, 6.45) is -0.609. The predicted molar refractivity (Wildman–Crippen MR) is 92.3 cm³/mol. The fourth-order valence-corrected chi connectivity index (χ4v) is 2.96. The summed E-state index contributed by atoms with van der Waals surface area (Å²) in [6.45, 7) is 3.28. The highest BCUT2D eigenvalue weighted by Gasteiger charge is 2.31. The van der Waals surface area contributed by atoms with Gasteiger partial charge in [0, 0.05) is 11.1 Å². The number of fused-ring (bicyclic) bond motifs is 1. The van der Waals surface area contributed by atoms with Crippen LogP contribution in [0.1, 0.15) is 37.3 Å². The summed E-state index contributed by atoms with van der Waals surface area (Å²) in [7, 11) is 0. The number of carbonyl (C=O) groups excluding carboxylic acids is 1. The Morgan fingerprint density at radius 2 is 2.00 bits per heavy atom. The quantitative estimate of drug-likeness (QED) is 0.821. The zero-order chi connectivity index (χ0) is 18.8. The van der Waals surface area contributed by atoms with Crippen LogP contribution in [0.5, 0.6) is 11.5 Å². The molecule has 0 bridgehead atoms. The van der Waals surface area contributed by atoms with Gasteiger partial charge < -0.3 is 9.84 Å². The second-order valence-electron chi connectivity index (χ2n) is 6.19. The number of hydrogen-bond donors (Lipinski definition) is 2. The maximum Gasteiger partial charge on any atom is 0.280 e. The van der Waals surface area contributed by atoms with Gasteiger partial charge in [0.05, 0.1) is 5.71 Å². The van der Waals surface area contributed by atoms with Gasteiger partial charge >= 0.3 is 0 Å². The molecule has 1 aliphatic carbocycles. The Balaban J connectivity index is 1.74. The van der Waals surface area contributed by atoms with Crippen LogP contribution in [-0.2, 0) is 4.79 Å². The third-order valence-corrected chi connectivity index (χ3v) is 4.26. The molecule has 0 saturated carbocycles. The number of carbonyl (C=O) groups is 1. The van der Waals surface area contributed by atoms with Crippen molar-refractivity contribution in [2.75, 3.05) is 0 Å². The van der Waals surface area contributed by atoms with Gasteiger partial charge in [-0.15, -0.1) is 0 Å². The van der Waals surface area contributed by atoms with Crippen LogP contribution < -0.4 is 10.2 Å². The Hall–Kier alpha value is -2.96. The number of hydrazone groups is 1. The van der Waals surface area contributed by atoms with E-state index in [1.54, 1.807) is 6.07 Å². The first-order chi connectivity index (χ1) is 12.4. The lowest BCUT2D eigenvalue weighted by Gasteiger charge is -2.13. The van der Waals surface area contributed by atoms with E-state index in [1.807, 2.05) is 6.92 Å². The molecule has 0 radical (unpaired) electrons. The summed E-state index contributed by atoms with van der Waals surface area (Å²) in [6, 6.07) is 8.22. The van der Waals surface area contributed by atoms with Gasteiger partial charge in [-0.2, -0.15) is 5.10 Å². The van der Waals surface area contributed by atoms with Crippen LogP contribution >= 0.6 is 0 Å². The summed E-state index contributed by atoms with van der Waals surface area (Å²) in [4.78, 5) is 12.2. The van der Waals surface area contributed by atoms with Crippen molar-refractivity contribution in [1.82, 2.24) is 5.43 Å². The molecule has 0 aromatic heterocycles. The topological polar surface area (TPSA) is 70.9 Å². The predicted octanol–water partition coefficient (Wildman–Crippen LogP) is 3.47. The lowest BCUT2D eigenvalue weighted by Crippen LogP contribution is -2.34. The fraction of sp³-hybridized carbons (Fsp3) is 0.263. The molecule has 2 aromatic rings. The number of rotatable bonds is 4. The van der Waals surface area contributed by atoms with Gasteiger partial charge in [-0.25, -0.2) is 14.2 Å². The van der Waals surface area contributed by atoms with Gasteiger partial charge in [-0.3, -0.25) is 4.79 Å². The number of aromatic hydroxyl groups is 1. The number of ether oxygens (including phenoxy) is 1. The maximum absolute atomic E-state index is 14.0. The molecule has 1 amide bonds. The standard InChI is InChI=1S/C19H18F2N2O3/c1-10-9-14(18-15(24)8-7-13(21)17(10)18)22-23-19(25)11(2)26-16-6-4-3-5-12(16)20/h3-8,10-11,24H,9H2,1-2H3,(H,23,25)/b22-14+/t10-,11+/m1/s1. The summed E-state index contributed by atoms with van der Waals surface area (Å²) in [5.74, 6) is -1.87. The Morgan fingerprint density at radius 3 is 2.73 bits per heavy atom. The van der Waals surface area contributed by atoms with E-state index in [-0.39, 0.29) is 17.4 Å². The molecule has 0 heterocycles. The van der Waals surface area contributed by atoms with Crippen molar-refractivity contribution in [3.63, 3.8) is 0 Å².